The van der Waals surface area contributed by atoms with E-state index in [0.29, 0.717) is 16.4 Å². The number of fused-ring (bicyclic) bond motifs is 1. The van der Waals surface area contributed by atoms with Gasteiger partial charge in [-0.15, -0.1) is 22.7 Å². The fourth-order valence-corrected chi connectivity index (χ4v) is 4.86. The van der Waals surface area contributed by atoms with Crippen molar-refractivity contribution < 1.29 is 9.59 Å². The highest BCUT2D eigenvalue weighted by atomic mass is 35.5. The zero-order valence-corrected chi connectivity index (χ0v) is 17.8. The molecule has 0 atom stereocenters. The van der Waals surface area contributed by atoms with Crippen LogP contribution in [0.2, 0.25) is 5.02 Å². The molecule has 29 heavy (non-hydrogen) atoms. The number of carbonyl (C=O) groups is 2. The Labute approximate surface area is 180 Å². The Bertz CT molecular complexity index is 1200. The average molecular weight is 442 g/mol. The zero-order valence-electron chi connectivity index (χ0n) is 15.4. The Balaban J connectivity index is 1.50. The Morgan fingerprint density at radius 1 is 1.17 bits per heavy atom. The summed E-state index contributed by atoms with van der Waals surface area (Å²) in [5.74, 6) is -0.160. The largest absolute Gasteiger partial charge is 0.326 e. The van der Waals surface area contributed by atoms with Gasteiger partial charge in [-0.05, 0) is 42.3 Å². The van der Waals surface area contributed by atoms with Crippen LogP contribution in [0.5, 0.6) is 0 Å². The van der Waals surface area contributed by atoms with Gasteiger partial charge in [0.05, 0.1) is 28.6 Å². The van der Waals surface area contributed by atoms with Gasteiger partial charge in [-0.2, -0.15) is 0 Å². The SMILES string of the molecule is Cc1cc(NC(=O)Cc2cccc(Cl)c2)cc2sc(CC(=O)c3cscn3)nc12. The van der Waals surface area contributed by atoms with Gasteiger partial charge in [0.15, 0.2) is 5.78 Å². The van der Waals surface area contributed by atoms with Crippen LogP contribution >= 0.6 is 34.3 Å². The normalized spacial score (nSPS) is 11.0. The maximum absolute atomic E-state index is 12.4. The molecule has 2 aromatic heterocycles. The van der Waals surface area contributed by atoms with E-state index in [9.17, 15) is 9.59 Å². The highest BCUT2D eigenvalue weighted by Gasteiger charge is 2.15. The number of carbonyl (C=O) groups excluding carboxylic acids is 2. The summed E-state index contributed by atoms with van der Waals surface area (Å²) in [6.45, 7) is 1.95. The highest BCUT2D eigenvalue weighted by Crippen LogP contribution is 2.29. The van der Waals surface area contributed by atoms with Crippen molar-refractivity contribution in [2.24, 2.45) is 0 Å². The molecule has 0 aliphatic heterocycles. The average Bonchev–Trinajstić information content (AvgIpc) is 3.31. The molecule has 4 aromatic rings. The van der Waals surface area contributed by atoms with E-state index >= 15 is 0 Å². The summed E-state index contributed by atoms with van der Waals surface area (Å²) in [4.78, 5) is 33.4. The molecular weight excluding hydrogens is 426 g/mol. The fourth-order valence-electron chi connectivity index (χ4n) is 3.01. The smallest absolute Gasteiger partial charge is 0.228 e. The number of Topliss-reactive ketones (excluding diaryl/α,β-unsaturated/α-hetero) is 1. The van der Waals surface area contributed by atoms with E-state index in [1.807, 2.05) is 31.2 Å². The Morgan fingerprint density at radius 3 is 2.79 bits per heavy atom. The third-order valence-electron chi connectivity index (χ3n) is 4.30. The van der Waals surface area contributed by atoms with Gasteiger partial charge in [0.1, 0.15) is 10.7 Å². The summed E-state index contributed by atoms with van der Waals surface area (Å²) in [5.41, 5.74) is 5.48. The third-order valence-corrected chi connectivity index (χ3v) is 6.12. The van der Waals surface area contributed by atoms with Gasteiger partial charge in [-0.25, -0.2) is 9.97 Å². The van der Waals surface area contributed by atoms with E-state index in [2.05, 4.69) is 15.3 Å². The summed E-state index contributed by atoms with van der Waals surface area (Å²) < 4.78 is 0.934. The maximum atomic E-state index is 12.4. The molecule has 1 N–H and O–H groups in total. The molecule has 4 rings (SSSR count). The number of amides is 1. The van der Waals surface area contributed by atoms with Crippen LogP contribution in [-0.4, -0.2) is 21.7 Å². The molecule has 2 aromatic carbocycles. The maximum Gasteiger partial charge on any atom is 0.228 e. The first-order chi connectivity index (χ1) is 14.0. The summed E-state index contributed by atoms with van der Waals surface area (Å²) in [6, 6.07) is 11.0. The second-order valence-corrected chi connectivity index (χ2v) is 8.85. The number of halogens is 1. The summed E-state index contributed by atoms with van der Waals surface area (Å²) in [6.07, 6.45) is 0.465. The number of hydrogen-bond acceptors (Lipinski definition) is 6. The monoisotopic (exact) mass is 441 g/mol. The molecule has 2 heterocycles. The molecule has 146 valence electrons. The Kier molecular flexibility index (Phi) is 5.71. The predicted octanol–water partition coefficient (Wildman–Crippen LogP) is 5.32. The quantitative estimate of drug-likeness (QED) is 0.411. The van der Waals surface area contributed by atoms with Crippen molar-refractivity contribution in [3.63, 3.8) is 0 Å². The summed E-state index contributed by atoms with van der Waals surface area (Å²) in [5, 5.41) is 6.03. The van der Waals surface area contributed by atoms with Crippen LogP contribution in [-0.2, 0) is 17.6 Å². The van der Waals surface area contributed by atoms with Gasteiger partial charge < -0.3 is 5.32 Å². The predicted molar refractivity (Wildman–Crippen MR) is 118 cm³/mol. The topological polar surface area (TPSA) is 72.0 Å². The summed E-state index contributed by atoms with van der Waals surface area (Å²) >= 11 is 8.84. The lowest BCUT2D eigenvalue weighted by Crippen LogP contribution is -2.14. The molecule has 0 saturated heterocycles. The number of rotatable bonds is 6. The number of thiazole rings is 2. The minimum absolute atomic E-state index is 0.0435. The molecule has 8 heteroatoms. The lowest BCUT2D eigenvalue weighted by molar-refractivity contribution is -0.115. The third kappa shape index (κ3) is 4.70. The molecule has 0 fully saturated rings. The standard InChI is InChI=1S/C21H16ClN3O2S2/c1-12-5-15(24-19(27)7-13-3-2-4-14(22)6-13)8-18-21(12)25-20(29-18)9-17(26)16-10-28-11-23-16/h2-6,8,10-11H,7,9H2,1H3,(H,24,27). The van der Waals surface area contributed by atoms with Gasteiger partial charge in [0, 0.05) is 16.1 Å². The van der Waals surface area contributed by atoms with Gasteiger partial charge in [-0.3, -0.25) is 9.59 Å². The fraction of sp³-hybridized carbons (Fsp3) is 0.143. The van der Waals surface area contributed by atoms with E-state index in [4.69, 9.17) is 11.6 Å². The van der Waals surface area contributed by atoms with Crippen LogP contribution < -0.4 is 5.32 Å². The molecule has 0 spiro atoms. The lowest BCUT2D eigenvalue weighted by atomic mass is 10.1. The van der Waals surface area contributed by atoms with Crippen molar-refractivity contribution in [3.8, 4) is 0 Å². The van der Waals surface area contributed by atoms with E-state index in [-0.39, 0.29) is 24.5 Å². The first-order valence-electron chi connectivity index (χ1n) is 8.83. The van der Waals surface area contributed by atoms with E-state index in [1.165, 1.54) is 22.7 Å². The Morgan fingerprint density at radius 2 is 2.03 bits per heavy atom. The molecule has 5 nitrogen and oxygen atoms in total. The minimum Gasteiger partial charge on any atom is -0.326 e. The van der Waals surface area contributed by atoms with Crippen molar-refractivity contribution in [1.82, 2.24) is 9.97 Å². The number of hydrogen-bond donors (Lipinski definition) is 1. The zero-order chi connectivity index (χ0) is 20.4. The van der Waals surface area contributed by atoms with E-state index in [0.717, 1.165) is 26.4 Å². The van der Waals surface area contributed by atoms with Gasteiger partial charge in [0.2, 0.25) is 5.91 Å². The number of benzene rings is 2. The number of aromatic nitrogens is 2. The first-order valence-corrected chi connectivity index (χ1v) is 11.0. The van der Waals surface area contributed by atoms with Crippen LogP contribution in [0.15, 0.2) is 47.3 Å². The molecule has 1 amide bonds. The number of anilines is 1. The Hall–Kier alpha value is -2.61. The molecule has 0 unspecified atom stereocenters. The highest BCUT2D eigenvalue weighted by molar-refractivity contribution is 7.18. The van der Waals surface area contributed by atoms with Crippen LogP contribution in [0, 0.1) is 6.92 Å². The van der Waals surface area contributed by atoms with Crippen molar-refractivity contribution in [2.75, 3.05) is 5.32 Å². The number of aryl methyl sites for hydroxylation is 1. The van der Waals surface area contributed by atoms with Gasteiger partial charge >= 0.3 is 0 Å². The molecule has 0 saturated carbocycles. The minimum atomic E-state index is -0.116. The molecule has 0 radical (unpaired) electrons. The number of nitrogens with one attached hydrogen (secondary N) is 1. The van der Waals surface area contributed by atoms with Crippen molar-refractivity contribution in [2.45, 2.75) is 19.8 Å². The van der Waals surface area contributed by atoms with Crippen LogP contribution in [0.3, 0.4) is 0 Å². The second-order valence-electron chi connectivity index (χ2n) is 6.58. The van der Waals surface area contributed by atoms with E-state index in [1.54, 1.807) is 23.0 Å². The van der Waals surface area contributed by atoms with Crippen LogP contribution in [0.4, 0.5) is 5.69 Å². The van der Waals surface area contributed by atoms with Crippen molar-refractivity contribution in [3.05, 3.63) is 74.1 Å². The van der Waals surface area contributed by atoms with Crippen LogP contribution in [0.25, 0.3) is 10.2 Å². The van der Waals surface area contributed by atoms with Crippen LogP contribution in [0.1, 0.15) is 26.6 Å². The van der Waals surface area contributed by atoms with Gasteiger partial charge in [0.25, 0.3) is 0 Å². The number of ketones is 1. The molecule has 0 bridgehead atoms. The number of nitrogens with zero attached hydrogens (tertiary/aromatic N) is 2. The van der Waals surface area contributed by atoms with Crippen molar-refractivity contribution in [1.29, 1.82) is 0 Å². The molecule has 0 aliphatic carbocycles. The lowest BCUT2D eigenvalue weighted by Gasteiger charge is -2.07. The second kappa shape index (κ2) is 8.41. The van der Waals surface area contributed by atoms with E-state index < -0.39 is 0 Å². The summed E-state index contributed by atoms with van der Waals surface area (Å²) in [7, 11) is 0. The van der Waals surface area contributed by atoms with Crippen molar-refractivity contribution >= 4 is 61.9 Å². The molecular formula is C21H16ClN3O2S2. The van der Waals surface area contributed by atoms with Gasteiger partial charge in [-0.1, -0.05) is 23.7 Å². The molecule has 0 aliphatic rings. The first kappa shape index (κ1) is 19.7.